The van der Waals surface area contributed by atoms with Gasteiger partial charge in [-0.15, -0.1) is 0 Å². The van der Waals surface area contributed by atoms with E-state index in [4.69, 9.17) is 9.47 Å². The van der Waals surface area contributed by atoms with Crippen LogP contribution >= 0.6 is 0 Å². The van der Waals surface area contributed by atoms with Crippen molar-refractivity contribution >= 4 is 5.91 Å². The van der Waals surface area contributed by atoms with Crippen molar-refractivity contribution in [1.29, 1.82) is 0 Å². The number of nitrogens with one attached hydrogen (secondary N) is 1. The number of unbranched alkanes of at least 4 members (excludes halogenated alkanes) is 11. The van der Waals surface area contributed by atoms with Gasteiger partial charge in [-0.3, -0.25) is 4.79 Å². The number of carbonyl (C=O) groups excluding carboxylic acids is 1. The lowest BCUT2D eigenvalue weighted by Gasteiger charge is -2.40. The average molecular weight is 800 g/mol. The van der Waals surface area contributed by atoms with Crippen LogP contribution in [-0.4, -0.2) is 87.5 Å². The van der Waals surface area contributed by atoms with Gasteiger partial charge in [0.15, 0.2) is 6.29 Å². The maximum Gasteiger partial charge on any atom is 0.220 e. The molecule has 0 aromatic carbocycles. The second-order valence-corrected chi connectivity index (χ2v) is 15.1. The highest BCUT2D eigenvalue weighted by atomic mass is 16.7. The number of aliphatic hydroxyl groups excluding tert-OH is 5. The molecule has 1 rings (SSSR count). The molecule has 6 N–H and O–H groups in total. The van der Waals surface area contributed by atoms with Crippen molar-refractivity contribution in [3.8, 4) is 0 Å². The molecule has 1 amide bonds. The smallest absolute Gasteiger partial charge is 0.220 e. The minimum absolute atomic E-state index is 0.150. The summed E-state index contributed by atoms with van der Waals surface area (Å²) >= 11 is 0. The Labute approximate surface area is 346 Å². The third kappa shape index (κ3) is 28.4. The van der Waals surface area contributed by atoms with E-state index >= 15 is 0 Å². The van der Waals surface area contributed by atoms with Crippen molar-refractivity contribution in [3.05, 3.63) is 85.1 Å². The number of rotatable bonds is 35. The van der Waals surface area contributed by atoms with Crippen LogP contribution in [0, 0.1) is 0 Å². The van der Waals surface area contributed by atoms with Gasteiger partial charge in [0.25, 0.3) is 0 Å². The number of amides is 1. The Morgan fingerprint density at radius 2 is 1.09 bits per heavy atom. The summed E-state index contributed by atoms with van der Waals surface area (Å²) in [6.45, 7) is 3.52. The standard InChI is InChI=1S/C48H81NO8/c1-3-5-7-8-9-10-11-12-13-14-15-16-17-18-19-20-21-22-23-24-25-26-27-28-29-30-31-32-33-34-36-38-44(52)49-41(42(51)37-35-6-4-2)40-56-48-47(55)46(54)45(53)43(39-50)57-48/h5,7,9-10,12-13,15-16,18-19,21-22,24-25,41-43,45-48,50-51,53-55H,3-4,6,8,11,14,17,20,23,26-40H2,1-2H3,(H,49,52)/b7-5-,10-9-,13-12-,16-15-,19-18-,22-21-,25-24-. The summed E-state index contributed by atoms with van der Waals surface area (Å²) in [5, 5.41) is 53.5. The van der Waals surface area contributed by atoms with Crippen molar-refractivity contribution in [1.82, 2.24) is 5.32 Å². The fraction of sp³-hybridized carbons (Fsp3) is 0.688. The molecule has 1 fully saturated rings. The molecule has 57 heavy (non-hydrogen) atoms. The van der Waals surface area contributed by atoms with Gasteiger partial charge in [-0.2, -0.15) is 0 Å². The van der Waals surface area contributed by atoms with Gasteiger partial charge in [-0.1, -0.05) is 163 Å². The van der Waals surface area contributed by atoms with E-state index in [-0.39, 0.29) is 12.5 Å². The minimum atomic E-state index is -1.55. The van der Waals surface area contributed by atoms with Crippen molar-refractivity contribution in [3.63, 3.8) is 0 Å². The second-order valence-electron chi connectivity index (χ2n) is 15.1. The van der Waals surface area contributed by atoms with Crippen molar-refractivity contribution in [2.24, 2.45) is 0 Å². The first-order valence-corrected chi connectivity index (χ1v) is 22.3. The quantitative estimate of drug-likeness (QED) is 0.0275. The lowest BCUT2D eigenvalue weighted by molar-refractivity contribution is -0.302. The Balaban J connectivity index is 2.08. The van der Waals surface area contributed by atoms with E-state index in [0.717, 1.165) is 89.9 Å². The van der Waals surface area contributed by atoms with E-state index in [2.05, 4.69) is 104 Å². The Morgan fingerprint density at radius 1 is 0.614 bits per heavy atom. The Hall–Kier alpha value is -2.63. The van der Waals surface area contributed by atoms with Crippen LogP contribution in [-0.2, 0) is 14.3 Å². The van der Waals surface area contributed by atoms with Gasteiger partial charge < -0.3 is 40.3 Å². The molecule has 0 saturated carbocycles. The van der Waals surface area contributed by atoms with Gasteiger partial charge in [-0.25, -0.2) is 0 Å². The first-order chi connectivity index (χ1) is 27.8. The summed E-state index contributed by atoms with van der Waals surface area (Å²) in [6, 6.07) is -0.722. The Bertz CT molecular complexity index is 1160. The number of aliphatic hydroxyl groups is 5. The van der Waals surface area contributed by atoms with Gasteiger partial charge in [0, 0.05) is 6.42 Å². The van der Waals surface area contributed by atoms with Crippen LogP contribution in [0.25, 0.3) is 0 Å². The molecule has 0 aliphatic carbocycles. The van der Waals surface area contributed by atoms with Crippen LogP contribution in [0.5, 0.6) is 0 Å². The highest BCUT2D eigenvalue weighted by molar-refractivity contribution is 5.76. The van der Waals surface area contributed by atoms with E-state index in [1.165, 1.54) is 38.5 Å². The predicted octanol–water partition coefficient (Wildman–Crippen LogP) is 9.16. The van der Waals surface area contributed by atoms with Crippen LogP contribution in [0.15, 0.2) is 85.1 Å². The first-order valence-electron chi connectivity index (χ1n) is 22.3. The zero-order valence-electron chi connectivity index (χ0n) is 35.6. The van der Waals surface area contributed by atoms with E-state index < -0.39 is 49.5 Å². The van der Waals surface area contributed by atoms with Crippen LogP contribution in [0.2, 0.25) is 0 Å². The fourth-order valence-electron chi connectivity index (χ4n) is 6.43. The molecule has 9 heteroatoms. The van der Waals surface area contributed by atoms with Gasteiger partial charge in [-0.05, 0) is 70.6 Å². The summed E-state index contributed by atoms with van der Waals surface area (Å²) in [6.07, 6.45) is 45.5. The molecule has 326 valence electrons. The summed E-state index contributed by atoms with van der Waals surface area (Å²) < 4.78 is 11.1. The summed E-state index contributed by atoms with van der Waals surface area (Å²) in [5.74, 6) is -0.168. The third-order valence-electron chi connectivity index (χ3n) is 10.0. The number of allylic oxidation sites excluding steroid dienone is 14. The maximum absolute atomic E-state index is 12.8. The monoisotopic (exact) mass is 800 g/mol. The molecule has 1 saturated heterocycles. The lowest BCUT2D eigenvalue weighted by atomic mass is 9.99. The number of hydrogen-bond acceptors (Lipinski definition) is 8. The lowest BCUT2D eigenvalue weighted by Crippen LogP contribution is -2.60. The van der Waals surface area contributed by atoms with Gasteiger partial charge in [0.05, 0.1) is 25.4 Å². The second kappa shape index (κ2) is 37.6. The molecule has 0 aromatic rings. The molecule has 0 spiro atoms. The molecule has 0 bridgehead atoms. The number of hydrogen-bond donors (Lipinski definition) is 6. The molecule has 7 atom stereocenters. The number of carbonyl (C=O) groups is 1. The molecule has 1 aliphatic rings. The molecule has 7 unspecified atom stereocenters. The Kier molecular flexibility index (Phi) is 34.6. The fourth-order valence-corrected chi connectivity index (χ4v) is 6.43. The van der Waals surface area contributed by atoms with E-state index in [9.17, 15) is 30.3 Å². The summed E-state index contributed by atoms with van der Waals surface area (Å²) in [5.41, 5.74) is 0. The van der Waals surface area contributed by atoms with Crippen LogP contribution in [0.1, 0.15) is 155 Å². The first kappa shape index (κ1) is 52.4. The Morgan fingerprint density at radius 3 is 1.58 bits per heavy atom. The minimum Gasteiger partial charge on any atom is -0.394 e. The molecule has 9 nitrogen and oxygen atoms in total. The summed E-state index contributed by atoms with van der Waals surface area (Å²) in [7, 11) is 0. The largest absolute Gasteiger partial charge is 0.394 e. The predicted molar refractivity (Wildman–Crippen MR) is 235 cm³/mol. The average Bonchev–Trinajstić information content (AvgIpc) is 3.21. The number of ether oxygens (including phenoxy) is 2. The third-order valence-corrected chi connectivity index (χ3v) is 10.0. The van der Waals surface area contributed by atoms with Gasteiger partial charge in [0.2, 0.25) is 5.91 Å². The van der Waals surface area contributed by atoms with Crippen molar-refractivity contribution < 1.29 is 39.8 Å². The highest BCUT2D eigenvalue weighted by Gasteiger charge is 2.44. The topological polar surface area (TPSA) is 149 Å². The van der Waals surface area contributed by atoms with Crippen molar-refractivity contribution in [2.75, 3.05) is 13.2 Å². The maximum atomic E-state index is 12.8. The summed E-state index contributed by atoms with van der Waals surface area (Å²) in [4.78, 5) is 12.8. The highest BCUT2D eigenvalue weighted by Crippen LogP contribution is 2.23. The van der Waals surface area contributed by atoms with Crippen LogP contribution in [0.3, 0.4) is 0 Å². The SMILES string of the molecule is CC/C=C\C/C=C\C/C=C\C/C=C\C/C=C\C/C=C\C/C=C\CCCCCCCCCCCC(=O)NC(COC1OC(CO)C(O)C(O)C1O)C(O)CCCCC. The van der Waals surface area contributed by atoms with Crippen molar-refractivity contribution in [2.45, 2.75) is 198 Å². The normalized spacial score (nSPS) is 21.8. The zero-order valence-corrected chi connectivity index (χ0v) is 35.6. The van der Waals surface area contributed by atoms with E-state index in [1.807, 2.05) is 0 Å². The van der Waals surface area contributed by atoms with Crippen LogP contribution < -0.4 is 5.32 Å². The molecule has 0 radical (unpaired) electrons. The molecule has 0 aromatic heterocycles. The van der Waals surface area contributed by atoms with E-state index in [0.29, 0.717) is 12.8 Å². The zero-order chi connectivity index (χ0) is 41.6. The molecular formula is C48H81NO8. The molecule has 1 aliphatic heterocycles. The van der Waals surface area contributed by atoms with E-state index in [1.54, 1.807) is 0 Å². The van der Waals surface area contributed by atoms with Gasteiger partial charge in [0.1, 0.15) is 24.4 Å². The van der Waals surface area contributed by atoms with Gasteiger partial charge >= 0.3 is 0 Å². The molecule has 1 heterocycles. The van der Waals surface area contributed by atoms with Crippen LogP contribution in [0.4, 0.5) is 0 Å². The molecular weight excluding hydrogens is 719 g/mol.